The van der Waals surface area contributed by atoms with Crippen LogP contribution in [0.5, 0.6) is 5.75 Å². The molecule has 3 amide bonds. The number of esters is 1. The molecule has 1 heterocycles. The zero-order valence-electron chi connectivity index (χ0n) is 13.7. The molecular weight excluding hydrogens is 314 g/mol. The fraction of sp³-hybridized carbons (Fsp3) is 0.438. The Hall–Kier alpha value is -2.77. The minimum Gasteiger partial charge on any atom is -0.497 e. The van der Waals surface area contributed by atoms with Gasteiger partial charge in [0, 0.05) is 24.7 Å². The number of methoxy groups -OCH3 is 1. The topological polar surface area (TPSA) is 97.0 Å². The van der Waals surface area contributed by atoms with E-state index in [-0.39, 0.29) is 31.5 Å². The van der Waals surface area contributed by atoms with Gasteiger partial charge in [-0.15, -0.1) is 0 Å². The van der Waals surface area contributed by atoms with Crippen LogP contribution in [-0.2, 0) is 14.3 Å². The summed E-state index contributed by atoms with van der Waals surface area (Å²) in [4.78, 5) is 36.7. The molecule has 1 aromatic rings. The summed E-state index contributed by atoms with van der Waals surface area (Å²) in [6.07, 6.45) is 0.198. The lowest BCUT2D eigenvalue weighted by molar-refractivity contribution is -0.141. The van der Waals surface area contributed by atoms with Gasteiger partial charge >= 0.3 is 12.0 Å². The summed E-state index contributed by atoms with van der Waals surface area (Å²) in [6.45, 7) is 2.10. The molecule has 0 aromatic heterocycles. The first-order valence-corrected chi connectivity index (χ1v) is 7.68. The number of hydrogen-bond acceptors (Lipinski definition) is 5. The molecule has 1 aliphatic rings. The van der Waals surface area contributed by atoms with Gasteiger partial charge in [-0.25, -0.2) is 4.79 Å². The van der Waals surface area contributed by atoms with Crippen LogP contribution >= 0.6 is 0 Å². The second-order valence-corrected chi connectivity index (χ2v) is 5.24. The maximum Gasteiger partial charge on any atom is 0.325 e. The van der Waals surface area contributed by atoms with Crippen molar-refractivity contribution < 1.29 is 23.9 Å². The van der Waals surface area contributed by atoms with Crippen molar-refractivity contribution in [2.45, 2.75) is 19.4 Å². The highest BCUT2D eigenvalue weighted by Crippen LogP contribution is 2.25. The van der Waals surface area contributed by atoms with Crippen LogP contribution in [0.3, 0.4) is 0 Å². The Labute approximate surface area is 140 Å². The maximum absolute atomic E-state index is 12.2. The average Bonchev–Trinajstić information content (AvgIpc) is 2.93. The minimum absolute atomic E-state index is 0.0843. The summed E-state index contributed by atoms with van der Waals surface area (Å²) in [5.41, 5.74) is 0.718. The fourth-order valence-electron chi connectivity index (χ4n) is 2.43. The molecule has 2 N–H and O–H groups in total. The SMILES string of the molecule is CCOC(=O)CNC(=O)N[C@@H]1CC(=O)N(c2cccc(OC)c2)C1. The van der Waals surface area contributed by atoms with Gasteiger partial charge < -0.3 is 25.0 Å². The molecule has 0 spiro atoms. The smallest absolute Gasteiger partial charge is 0.325 e. The Morgan fingerprint density at radius 2 is 2.17 bits per heavy atom. The molecule has 1 saturated heterocycles. The van der Waals surface area contributed by atoms with Crippen molar-refractivity contribution in [1.82, 2.24) is 10.6 Å². The van der Waals surface area contributed by atoms with Crippen molar-refractivity contribution >= 4 is 23.6 Å². The van der Waals surface area contributed by atoms with Crippen molar-refractivity contribution in [3.8, 4) is 5.75 Å². The van der Waals surface area contributed by atoms with Crippen LogP contribution in [0.2, 0.25) is 0 Å². The number of carbonyl (C=O) groups is 3. The largest absolute Gasteiger partial charge is 0.497 e. The van der Waals surface area contributed by atoms with Crippen molar-refractivity contribution in [2.75, 3.05) is 31.7 Å². The van der Waals surface area contributed by atoms with Gasteiger partial charge in [0.05, 0.1) is 19.8 Å². The zero-order valence-corrected chi connectivity index (χ0v) is 13.7. The summed E-state index contributed by atoms with van der Waals surface area (Å²) in [6, 6.07) is 6.33. The van der Waals surface area contributed by atoms with Gasteiger partial charge in [-0.2, -0.15) is 0 Å². The number of urea groups is 1. The number of amides is 3. The molecule has 1 fully saturated rings. The molecule has 8 heteroatoms. The standard InChI is InChI=1S/C16H21N3O5/c1-3-24-15(21)9-17-16(22)18-11-7-14(20)19(10-11)12-5-4-6-13(8-12)23-2/h4-6,8,11H,3,7,9-10H2,1-2H3,(H2,17,18,22)/t11-/m1/s1. The maximum atomic E-state index is 12.2. The summed E-state index contributed by atoms with van der Waals surface area (Å²) in [7, 11) is 1.56. The Morgan fingerprint density at radius 1 is 1.38 bits per heavy atom. The van der Waals surface area contributed by atoms with Crippen molar-refractivity contribution in [1.29, 1.82) is 0 Å². The van der Waals surface area contributed by atoms with Crippen LogP contribution in [-0.4, -0.2) is 50.8 Å². The van der Waals surface area contributed by atoms with Gasteiger partial charge in [-0.05, 0) is 19.1 Å². The number of nitrogens with zero attached hydrogens (tertiary/aromatic N) is 1. The number of benzene rings is 1. The molecule has 1 aliphatic heterocycles. The van der Waals surface area contributed by atoms with Crippen LogP contribution in [0.1, 0.15) is 13.3 Å². The van der Waals surface area contributed by atoms with Crippen LogP contribution in [0.15, 0.2) is 24.3 Å². The fourth-order valence-corrected chi connectivity index (χ4v) is 2.43. The molecule has 8 nitrogen and oxygen atoms in total. The molecule has 130 valence electrons. The Kier molecular flexibility index (Phi) is 6.00. The second-order valence-electron chi connectivity index (χ2n) is 5.24. The molecule has 0 bridgehead atoms. The minimum atomic E-state index is -0.506. The lowest BCUT2D eigenvalue weighted by Crippen LogP contribution is -2.45. The Bertz CT molecular complexity index is 619. The van der Waals surface area contributed by atoms with Gasteiger partial charge in [0.2, 0.25) is 5.91 Å². The van der Waals surface area contributed by atoms with Crippen LogP contribution in [0.25, 0.3) is 0 Å². The molecule has 24 heavy (non-hydrogen) atoms. The van der Waals surface area contributed by atoms with Crippen LogP contribution < -0.4 is 20.3 Å². The number of nitrogens with one attached hydrogen (secondary N) is 2. The highest BCUT2D eigenvalue weighted by atomic mass is 16.5. The lowest BCUT2D eigenvalue weighted by atomic mass is 10.2. The van der Waals surface area contributed by atoms with E-state index in [0.29, 0.717) is 12.3 Å². The lowest BCUT2D eigenvalue weighted by Gasteiger charge is -2.18. The van der Waals surface area contributed by atoms with Gasteiger partial charge in [-0.1, -0.05) is 6.07 Å². The van der Waals surface area contributed by atoms with E-state index in [2.05, 4.69) is 10.6 Å². The number of rotatable bonds is 6. The highest BCUT2D eigenvalue weighted by molar-refractivity contribution is 5.97. The predicted octanol–water partition coefficient (Wildman–Crippen LogP) is 0.663. The molecular formula is C16H21N3O5. The Balaban J connectivity index is 1.87. The predicted molar refractivity (Wildman–Crippen MR) is 86.9 cm³/mol. The van der Waals surface area contributed by atoms with Crippen LogP contribution in [0.4, 0.5) is 10.5 Å². The number of anilines is 1. The normalized spacial score (nSPS) is 16.7. The number of ether oxygens (including phenoxy) is 2. The third-order valence-electron chi connectivity index (χ3n) is 3.52. The molecule has 1 aromatic carbocycles. The third-order valence-corrected chi connectivity index (χ3v) is 3.52. The molecule has 2 rings (SSSR count). The van der Waals surface area contributed by atoms with E-state index in [1.54, 1.807) is 37.1 Å². The summed E-state index contributed by atoms with van der Waals surface area (Å²) in [5.74, 6) is 0.0657. The molecule has 0 radical (unpaired) electrons. The summed E-state index contributed by atoms with van der Waals surface area (Å²) in [5, 5.41) is 5.09. The average molecular weight is 335 g/mol. The summed E-state index contributed by atoms with van der Waals surface area (Å²) < 4.78 is 9.87. The first kappa shape index (κ1) is 17.6. The molecule has 0 unspecified atom stereocenters. The van der Waals surface area contributed by atoms with Crippen molar-refractivity contribution in [3.05, 3.63) is 24.3 Å². The highest BCUT2D eigenvalue weighted by Gasteiger charge is 2.31. The van der Waals surface area contributed by atoms with Gasteiger partial charge in [0.25, 0.3) is 0 Å². The van der Waals surface area contributed by atoms with E-state index in [9.17, 15) is 14.4 Å². The van der Waals surface area contributed by atoms with Crippen LogP contribution in [0, 0.1) is 0 Å². The van der Waals surface area contributed by atoms with E-state index in [4.69, 9.17) is 9.47 Å². The molecule has 1 atom stereocenters. The van der Waals surface area contributed by atoms with E-state index < -0.39 is 12.0 Å². The quantitative estimate of drug-likeness (QED) is 0.745. The monoisotopic (exact) mass is 335 g/mol. The Morgan fingerprint density at radius 3 is 2.88 bits per heavy atom. The number of carbonyl (C=O) groups excluding carboxylic acids is 3. The third kappa shape index (κ3) is 4.61. The number of hydrogen-bond donors (Lipinski definition) is 2. The molecule has 0 saturated carbocycles. The van der Waals surface area contributed by atoms with Crippen molar-refractivity contribution in [3.63, 3.8) is 0 Å². The first-order chi connectivity index (χ1) is 11.5. The van der Waals surface area contributed by atoms with Gasteiger partial charge in [0.15, 0.2) is 0 Å². The van der Waals surface area contributed by atoms with Gasteiger partial charge in [-0.3, -0.25) is 9.59 Å². The zero-order chi connectivity index (χ0) is 17.5. The van der Waals surface area contributed by atoms with E-state index in [1.807, 2.05) is 6.07 Å². The van der Waals surface area contributed by atoms with E-state index in [1.165, 1.54) is 0 Å². The van der Waals surface area contributed by atoms with Crippen molar-refractivity contribution in [2.24, 2.45) is 0 Å². The first-order valence-electron chi connectivity index (χ1n) is 7.68. The second kappa shape index (κ2) is 8.19. The van der Waals surface area contributed by atoms with Gasteiger partial charge in [0.1, 0.15) is 12.3 Å². The summed E-state index contributed by atoms with van der Waals surface area (Å²) >= 11 is 0. The molecule has 0 aliphatic carbocycles. The van der Waals surface area contributed by atoms with E-state index in [0.717, 1.165) is 5.69 Å². The van der Waals surface area contributed by atoms with E-state index >= 15 is 0 Å².